The summed E-state index contributed by atoms with van der Waals surface area (Å²) >= 11 is 1.78. The Morgan fingerprint density at radius 2 is 1.74 bits per heavy atom. The molecule has 0 unspecified atom stereocenters. The van der Waals surface area contributed by atoms with E-state index in [2.05, 4.69) is 23.7 Å². The SMILES string of the molecule is C=CCO[C@@]12Oc3ccc(Oc4cccc(C=O)c4)cc3[C@H]3[C@H](CCCCO)[C@@H](CCCCO)C=C(C(=NOCc4ccc([N+](=O)[O-])cc4)C[C@@H]1SCCc1ccncc1)[C@H]32. The minimum atomic E-state index is -1.13. The number of non-ortho nitro benzene ring substituents is 1. The molecule has 0 saturated heterocycles. The van der Waals surface area contributed by atoms with Gasteiger partial charge in [0.1, 0.15) is 30.1 Å². The molecular weight excluding hydrogens is 795 g/mol. The maximum atomic E-state index is 11.6. The molecule has 0 amide bonds. The van der Waals surface area contributed by atoms with Crippen LogP contribution in [0.25, 0.3) is 0 Å². The lowest BCUT2D eigenvalue weighted by molar-refractivity contribution is -0.384. The third-order valence-corrected chi connectivity index (χ3v) is 13.2. The number of ether oxygens (including phenoxy) is 3. The van der Waals surface area contributed by atoms with E-state index in [4.69, 9.17) is 24.2 Å². The van der Waals surface area contributed by atoms with Crippen LogP contribution in [0, 0.1) is 27.9 Å². The van der Waals surface area contributed by atoms with Gasteiger partial charge in [0, 0.05) is 61.2 Å². The molecule has 0 bridgehead atoms. The molecule has 3 aromatic carbocycles. The van der Waals surface area contributed by atoms with Crippen molar-refractivity contribution in [2.24, 2.45) is 22.9 Å². The van der Waals surface area contributed by atoms with Gasteiger partial charge < -0.3 is 29.3 Å². The number of nitro groups is 1. The maximum absolute atomic E-state index is 11.6. The lowest BCUT2D eigenvalue weighted by Crippen LogP contribution is -2.64. The van der Waals surface area contributed by atoms with Crippen LogP contribution >= 0.6 is 11.8 Å². The number of pyridine rings is 1. The summed E-state index contributed by atoms with van der Waals surface area (Å²) in [5, 5.41) is 35.8. The maximum Gasteiger partial charge on any atom is 0.269 e. The van der Waals surface area contributed by atoms with Crippen molar-refractivity contribution in [1.82, 2.24) is 4.98 Å². The zero-order valence-corrected chi connectivity index (χ0v) is 35.0. The minimum Gasteiger partial charge on any atom is -0.460 e. The van der Waals surface area contributed by atoms with Crippen molar-refractivity contribution >= 4 is 29.4 Å². The molecule has 12 nitrogen and oxygen atoms in total. The van der Waals surface area contributed by atoms with Crippen LogP contribution in [-0.2, 0) is 22.6 Å². The number of hydrogen-bond donors (Lipinski definition) is 2. The second kappa shape index (κ2) is 21.0. The fourth-order valence-electron chi connectivity index (χ4n) is 9.09. The highest BCUT2D eigenvalue weighted by atomic mass is 32.2. The first kappa shape index (κ1) is 43.7. The standard InChI is InChI=1S/C48H53N3O9S/c1-2-25-57-48-45(61-26-20-33-18-21-49-22-19-33)30-43(50-58-32-34-12-14-37(15-13-34)51(55)56)41-28-36(9-3-5-23-52)40(11-4-6-24-53)46(47(41)48)42-29-39(16-17-44(42)60-48)59-38-10-7-8-35(27-38)31-54/h2,7-8,10,12-19,21-22,27-29,31,36,40,45-47,52-53H,1,3-6,9,11,20,23-26,30,32H2/t36-,40+,45-,46+,47+,48+/m0/s1. The van der Waals surface area contributed by atoms with Crippen LogP contribution in [0.2, 0.25) is 0 Å². The molecule has 1 aromatic heterocycles. The molecule has 61 heavy (non-hydrogen) atoms. The van der Waals surface area contributed by atoms with Gasteiger partial charge in [0.15, 0.2) is 0 Å². The van der Waals surface area contributed by atoms with E-state index in [0.717, 1.165) is 66.6 Å². The van der Waals surface area contributed by atoms with E-state index in [1.54, 1.807) is 60.6 Å². The number of aromatic nitrogens is 1. The van der Waals surface area contributed by atoms with Crippen molar-refractivity contribution in [3.05, 3.63) is 148 Å². The number of unbranched alkanes of at least 4 members (excludes halogenated alkanes) is 2. The number of aliphatic hydroxyl groups excluding tert-OH is 2. The Balaban J connectivity index is 1.35. The number of benzene rings is 3. The first-order valence-corrected chi connectivity index (χ1v) is 22.1. The predicted molar refractivity (Wildman–Crippen MR) is 235 cm³/mol. The van der Waals surface area contributed by atoms with Crippen molar-refractivity contribution in [3.8, 4) is 17.2 Å². The number of allylic oxidation sites excluding steroid dienone is 1. The van der Waals surface area contributed by atoms with Gasteiger partial charge in [-0.3, -0.25) is 19.9 Å². The van der Waals surface area contributed by atoms with Crippen molar-refractivity contribution < 1.29 is 39.0 Å². The van der Waals surface area contributed by atoms with E-state index < -0.39 is 10.7 Å². The van der Waals surface area contributed by atoms with Crippen LogP contribution in [-0.4, -0.2) is 68.7 Å². The topological polar surface area (TPSA) is 163 Å². The Morgan fingerprint density at radius 1 is 0.967 bits per heavy atom. The number of aldehydes is 1. The number of thioether (sulfide) groups is 1. The predicted octanol–water partition coefficient (Wildman–Crippen LogP) is 9.40. The molecule has 6 atom stereocenters. The van der Waals surface area contributed by atoms with Crippen molar-refractivity contribution in [3.63, 3.8) is 0 Å². The van der Waals surface area contributed by atoms with Crippen molar-refractivity contribution in [1.29, 1.82) is 0 Å². The van der Waals surface area contributed by atoms with E-state index >= 15 is 0 Å². The van der Waals surface area contributed by atoms with Gasteiger partial charge in [0.2, 0.25) is 5.79 Å². The minimum absolute atomic E-state index is 0.00430. The summed E-state index contributed by atoms with van der Waals surface area (Å²) in [4.78, 5) is 32.8. The second-order valence-corrected chi connectivity index (χ2v) is 17.0. The average molecular weight is 848 g/mol. The number of carbonyl (C=O) groups is 1. The van der Waals surface area contributed by atoms with Gasteiger partial charge in [-0.15, -0.1) is 6.58 Å². The van der Waals surface area contributed by atoms with Gasteiger partial charge in [-0.2, -0.15) is 11.8 Å². The van der Waals surface area contributed by atoms with E-state index in [-0.39, 0.29) is 61.0 Å². The van der Waals surface area contributed by atoms with Crippen LogP contribution < -0.4 is 9.47 Å². The fourth-order valence-corrected chi connectivity index (χ4v) is 10.5. The summed E-state index contributed by atoms with van der Waals surface area (Å²) < 4.78 is 20.8. The first-order valence-electron chi connectivity index (χ1n) is 21.0. The monoisotopic (exact) mass is 847 g/mol. The highest BCUT2D eigenvalue weighted by molar-refractivity contribution is 8.00. The van der Waals surface area contributed by atoms with Gasteiger partial charge in [-0.05, 0) is 121 Å². The molecule has 7 rings (SSSR count). The number of nitrogens with zero attached hydrogens (tertiary/aromatic N) is 3. The Hall–Kier alpha value is -5.34. The normalized spacial score (nSPS) is 23.2. The lowest BCUT2D eigenvalue weighted by atomic mass is 9.56. The Morgan fingerprint density at radius 3 is 2.48 bits per heavy atom. The molecule has 3 aliphatic rings. The molecule has 2 aliphatic carbocycles. The number of nitro benzene ring substituents is 1. The van der Waals surface area contributed by atoms with Crippen molar-refractivity contribution in [2.75, 3.05) is 25.6 Å². The van der Waals surface area contributed by atoms with E-state index in [0.29, 0.717) is 42.1 Å². The molecule has 0 radical (unpaired) electrons. The molecule has 2 heterocycles. The summed E-state index contributed by atoms with van der Waals surface area (Å²) in [6.45, 7) is 4.61. The number of aryl methyl sites for hydroxylation is 1. The molecular formula is C48H53N3O9S. The summed E-state index contributed by atoms with van der Waals surface area (Å²) in [6, 6.07) is 23.3. The van der Waals surface area contributed by atoms with E-state index in [9.17, 15) is 25.1 Å². The highest BCUT2D eigenvalue weighted by Crippen LogP contribution is 2.62. The highest BCUT2D eigenvalue weighted by Gasteiger charge is 2.64. The first-order chi connectivity index (χ1) is 29.9. The third-order valence-electron chi connectivity index (χ3n) is 11.9. The summed E-state index contributed by atoms with van der Waals surface area (Å²) in [5.41, 5.74) is 5.20. The number of carbonyl (C=O) groups excluding carboxylic acids is 1. The molecule has 1 aliphatic heterocycles. The quantitative estimate of drug-likeness (QED) is 0.0255. The van der Waals surface area contributed by atoms with Crippen LogP contribution in [0.3, 0.4) is 0 Å². The van der Waals surface area contributed by atoms with Gasteiger partial charge in [0.25, 0.3) is 5.69 Å². The van der Waals surface area contributed by atoms with Gasteiger partial charge in [0.05, 0.1) is 28.4 Å². The second-order valence-electron chi connectivity index (χ2n) is 15.7. The smallest absolute Gasteiger partial charge is 0.269 e. The number of rotatable bonds is 22. The van der Waals surface area contributed by atoms with Gasteiger partial charge in [-0.1, -0.05) is 42.3 Å². The largest absolute Gasteiger partial charge is 0.460 e. The van der Waals surface area contributed by atoms with Crippen LogP contribution in [0.5, 0.6) is 17.2 Å². The van der Waals surface area contributed by atoms with E-state index in [1.807, 2.05) is 30.3 Å². The molecule has 1 fully saturated rings. The van der Waals surface area contributed by atoms with Crippen LogP contribution in [0.4, 0.5) is 5.69 Å². The number of aliphatic hydroxyl groups is 2. The Labute approximate surface area is 360 Å². The van der Waals surface area contributed by atoms with Gasteiger partial charge >= 0.3 is 0 Å². The lowest BCUT2D eigenvalue weighted by Gasteiger charge is -2.58. The number of oxime groups is 1. The Bertz CT molecular complexity index is 2180. The van der Waals surface area contributed by atoms with E-state index in [1.165, 1.54) is 17.7 Å². The van der Waals surface area contributed by atoms with Crippen molar-refractivity contribution in [2.45, 2.75) is 74.9 Å². The average Bonchev–Trinajstić information content (AvgIpc) is 3.28. The summed E-state index contributed by atoms with van der Waals surface area (Å²) in [6.07, 6.45) is 14.5. The zero-order valence-electron chi connectivity index (χ0n) is 34.2. The zero-order chi connectivity index (χ0) is 42.6. The number of fused-ring (bicyclic) bond motifs is 2. The van der Waals surface area contributed by atoms with Gasteiger partial charge in [-0.25, -0.2) is 0 Å². The molecule has 13 heteroatoms. The molecule has 1 saturated carbocycles. The number of hydrogen-bond acceptors (Lipinski definition) is 12. The Kier molecular flexibility index (Phi) is 15.0. The third kappa shape index (κ3) is 10.2. The summed E-state index contributed by atoms with van der Waals surface area (Å²) in [7, 11) is 0. The molecule has 320 valence electrons. The van der Waals surface area contributed by atoms with Crippen LogP contribution in [0.15, 0.2) is 121 Å². The van der Waals surface area contributed by atoms with Crippen LogP contribution in [0.1, 0.15) is 77.9 Å². The summed E-state index contributed by atoms with van der Waals surface area (Å²) in [5.74, 6) is 1.20. The molecule has 0 spiro atoms. The fraction of sp³-hybridized carbons (Fsp3) is 0.396. The molecule has 2 N–H and O–H groups in total. The molecule has 4 aromatic rings.